The molecule has 0 amide bonds. The van der Waals surface area contributed by atoms with Gasteiger partial charge in [0.15, 0.2) is 11.5 Å². The molecule has 11 heteroatoms. The molecule has 1 aromatic rings. The topological polar surface area (TPSA) is 139 Å². The van der Waals surface area contributed by atoms with Crippen LogP contribution in [0.2, 0.25) is 0 Å². The fraction of sp³-hybridized carbons (Fsp3) is 0.625. The third-order valence-corrected chi connectivity index (χ3v) is 3.06. The quantitative estimate of drug-likeness (QED) is 0.320. The first kappa shape index (κ1) is 15.3. The highest BCUT2D eigenvalue weighted by Gasteiger charge is 2.19. The van der Waals surface area contributed by atoms with Gasteiger partial charge in [0.2, 0.25) is 5.82 Å². The monoisotopic (exact) mass is 294 g/mol. The molecule has 0 fully saturated rings. The number of aliphatic hydroxyl groups excluding tert-OH is 1. The molecule has 108 valence electrons. The summed E-state index contributed by atoms with van der Waals surface area (Å²) in [5, 5.41) is 26.3. The molecule has 1 aromatic heterocycles. The van der Waals surface area contributed by atoms with Gasteiger partial charge in [0, 0.05) is 29.6 Å². The van der Waals surface area contributed by atoms with E-state index < -0.39 is 21.7 Å². The lowest BCUT2D eigenvalue weighted by atomic mass is 10.3. The van der Waals surface area contributed by atoms with Gasteiger partial charge in [-0.3, -0.25) is 14.4 Å². The summed E-state index contributed by atoms with van der Waals surface area (Å²) in [6, 6.07) is 0. The van der Waals surface area contributed by atoms with Crippen LogP contribution in [-0.2, 0) is 9.73 Å². The van der Waals surface area contributed by atoms with E-state index in [-0.39, 0.29) is 28.9 Å². The molecule has 0 aliphatic rings. The average molecular weight is 294 g/mol. The smallest absolute Gasteiger partial charge is 0.202 e. The van der Waals surface area contributed by atoms with Crippen molar-refractivity contribution in [3.05, 3.63) is 5.69 Å². The van der Waals surface area contributed by atoms with E-state index in [4.69, 9.17) is 10.2 Å². The predicted octanol–water partition coefficient (Wildman–Crippen LogP) is -0.339. The van der Waals surface area contributed by atoms with Crippen LogP contribution in [0.5, 0.6) is 0 Å². The van der Waals surface area contributed by atoms with E-state index in [9.17, 15) is 13.8 Å². The predicted molar refractivity (Wildman–Crippen MR) is 66.1 cm³/mol. The molecule has 19 heavy (non-hydrogen) atoms. The summed E-state index contributed by atoms with van der Waals surface area (Å²) in [5.74, 6) is -0.777. The van der Waals surface area contributed by atoms with Crippen LogP contribution in [-0.4, -0.2) is 62.3 Å². The molecule has 0 saturated heterocycles. The zero-order chi connectivity index (χ0) is 14.6. The van der Waals surface area contributed by atoms with E-state index in [1.807, 2.05) is 0 Å². The molecular weight excluding hydrogens is 279 g/mol. The number of nitrogens with one attached hydrogen (secondary N) is 3. The second kappa shape index (κ2) is 5.93. The van der Waals surface area contributed by atoms with Gasteiger partial charge in [0.05, 0.1) is 11.9 Å². The van der Waals surface area contributed by atoms with Crippen LogP contribution in [0.1, 0.15) is 5.69 Å². The highest BCUT2D eigenvalue weighted by atomic mass is 32.2. The fourth-order valence-electron chi connectivity index (χ4n) is 1.25. The minimum absolute atomic E-state index is 0.0128. The fourth-order valence-corrected chi connectivity index (χ4v) is 2.10. The van der Waals surface area contributed by atoms with Crippen molar-refractivity contribution in [3.8, 4) is 0 Å². The van der Waals surface area contributed by atoms with Crippen molar-refractivity contribution in [2.45, 2.75) is 6.10 Å². The van der Waals surface area contributed by atoms with E-state index >= 15 is 0 Å². The molecule has 4 N–H and O–H groups in total. The van der Waals surface area contributed by atoms with Crippen molar-refractivity contribution >= 4 is 21.4 Å². The summed E-state index contributed by atoms with van der Waals surface area (Å²) in [7, 11) is -1.80. The lowest BCUT2D eigenvalue weighted by molar-refractivity contribution is 0.159. The van der Waals surface area contributed by atoms with Crippen molar-refractivity contribution < 1.29 is 18.4 Å². The minimum atomic E-state index is -2.81. The molecule has 1 rings (SSSR count). The zero-order valence-corrected chi connectivity index (χ0v) is 11.2. The van der Waals surface area contributed by atoms with Crippen LogP contribution in [0.4, 0.5) is 10.3 Å². The Morgan fingerprint density at radius 1 is 1.68 bits per heavy atom. The number of halogens is 1. The summed E-state index contributed by atoms with van der Waals surface area (Å²) < 4.78 is 35.5. The Kier molecular flexibility index (Phi) is 4.78. The largest absolute Gasteiger partial charge is 0.390 e. The van der Waals surface area contributed by atoms with Gasteiger partial charge in [0.1, 0.15) is 0 Å². The van der Waals surface area contributed by atoms with E-state index in [0.29, 0.717) is 0 Å². The molecule has 2 unspecified atom stereocenters. The lowest BCUT2D eigenvalue weighted by Crippen LogP contribution is -2.28. The standard InChI is InChI=1S/C8H15FN6O3S/c1-15(9)7(10)6-8(14-18-13-6)12-3-5(16)4-19(2,11)17/h5,10-11,16H,3-4H2,1-2H3,(H,12,14). The molecular formula is C8H15FN6O3S. The number of anilines is 1. The average Bonchev–Trinajstić information content (AvgIpc) is 2.70. The zero-order valence-electron chi connectivity index (χ0n) is 10.4. The van der Waals surface area contributed by atoms with Crippen molar-refractivity contribution in [1.82, 2.24) is 15.4 Å². The SMILES string of the molecule is CN(F)C(=N)c1nonc1NCC(O)CS(C)(=N)=O. The third-order valence-electron chi connectivity index (χ3n) is 2.04. The first-order chi connectivity index (χ1) is 8.70. The number of rotatable bonds is 6. The van der Waals surface area contributed by atoms with Gasteiger partial charge in [-0.05, 0) is 10.3 Å². The van der Waals surface area contributed by atoms with Gasteiger partial charge in [-0.2, -0.15) is 5.12 Å². The lowest BCUT2D eigenvalue weighted by Gasteiger charge is -2.12. The van der Waals surface area contributed by atoms with Crippen LogP contribution >= 0.6 is 0 Å². The maximum atomic E-state index is 12.8. The van der Waals surface area contributed by atoms with Crippen molar-refractivity contribution in [2.75, 3.05) is 30.9 Å². The molecule has 0 spiro atoms. The summed E-state index contributed by atoms with van der Waals surface area (Å²) in [6.07, 6.45) is 0.171. The van der Waals surface area contributed by atoms with Crippen molar-refractivity contribution in [3.63, 3.8) is 0 Å². The Bertz CT molecular complexity index is 542. The number of amidine groups is 1. The number of nitrogens with zero attached hydrogens (tertiary/aromatic N) is 3. The van der Waals surface area contributed by atoms with Gasteiger partial charge in [-0.15, -0.1) is 0 Å². The van der Waals surface area contributed by atoms with Gasteiger partial charge in [-0.25, -0.2) is 4.63 Å². The Balaban J connectivity index is 2.64. The van der Waals surface area contributed by atoms with Crippen LogP contribution in [0.3, 0.4) is 0 Å². The second-order valence-corrected chi connectivity index (χ2v) is 6.34. The molecule has 0 bridgehead atoms. The van der Waals surface area contributed by atoms with Crippen molar-refractivity contribution in [1.29, 1.82) is 10.2 Å². The number of aliphatic hydroxyl groups is 1. The first-order valence-electron chi connectivity index (χ1n) is 5.15. The van der Waals surface area contributed by atoms with E-state index in [2.05, 4.69) is 20.3 Å². The Morgan fingerprint density at radius 2 is 2.32 bits per heavy atom. The van der Waals surface area contributed by atoms with Gasteiger partial charge < -0.3 is 10.4 Å². The number of hydrogen-bond acceptors (Lipinski definition) is 8. The number of hydrogen-bond donors (Lipinski definition) is 4. The van der Waals surface area contributed by atoms with E-state index in [1.165, 1.54) is 6.26 Å². The second-order valence-electron chi connectivity index (χ2n) is 3.99. The van der Waals surface area contributed by atoms with Crippen LogP contribution < -0.4 is 5.32 Å². The molecule has 2 atom stereocenters. The summed E-state index contributed by atoms with van der Waals surface area (Å²) in [6.45, 7) is -0.0752. The normalized spacial score (nSPS) is 15.6. The molecule has 1 heterocycles. The van der Waals surface area contributed by atoms with Gasteiger partial charge in [0.25, 0.3) is 0 Å². The van der Waals surface area contributed by atoms with Crippen LogP contribution in [0.25, 0.3) is 0 Å². The maximum absolute atomic E-state index is 12.8. The van der Waals surface area contributed by atoms with Crippen LogP contribution in [0.15, 0.2) is 4.63 Å². The third kappa shape index (κ3) is 4.79. The van der Waals surface area contributed by atoms with Crippen molar-refractivity contribution in [2.24, 2.45) is 0 Å². The Labute approximate surface area is 109 Å². The number of aromatic nitrogens is 2. The van der Waals surface area contributed by atoms with Gasteiger partial charge in [-0.1, -0.05) is 4.48 Å². The minimum Gasteiger partial charge on any atom is -0.390 e. The molecule has 0 aliphatic carbocycles. The van der Waals surface area contributed by atoms with Gasteiger partial charge >= 0.3 is 0 Å². The Morgan fingerprint density at radius 3 is 2.84 bits per heavy atom. The highest BCUT2D eigenvalue weighted by molar-refractivity contribution is 7.91. The molecule has 0 aromatic carbocycles. The first-order valence-corrected chi connectivity index (χ1v) is 7.28. The Hall–Kier alpha value is -1.75. The summed E-state index contributed by atoms with van der Waals surface area (Å²) in [5.41, 5.74) is -0.152. The summed E-state index contributed by atoms with van der Waals surface area (Å²) in [4.78, 5) is 0. The highest BCUT2D eigenvalue weighted by Crippen LogP contribution is 2.12. The molecule has 0 radical (unpaired) electrons. The summed E-state index contributed by atoms with van der Waals surface area (Å²) >= 11 is 0. The van der Waals surface area contributed by atoms with E-state index in [1.54, 1.807) is 0 Å². The molecule has 0 saturated carbocycles. The maximum Gasteiger partial charge on any atom is 0.202 e. The van der Waals surface area contributed by atoms with Crippen LogP contribution in [0, 0.1) is 10.2 Å². The van der Waals surface area contributed by atoms with E-state index in [0.717, 1.165) is 7.05 Å². The molecule has 9 nitrogen and oxygen atoms in total. The molecule has 0 aliphatic heterocycles.